The lowest BCUT2D eigenvalue weighted by Gasteiger charge is -2.02. The number of carbonyl (C=O) groups excluding carboxylic acids is 2. The van der Waals surface area contributed by atoms with Gasteiger partial charge in [-0.25, -0.2) is 0 Å². The zero-order chi connectivity index (χ0) is 7.40. The SMILES string of the molecule is O=COC1=CC=CCC1=O. The molecule has 0 spiro atoms. The maximum atomic E-state index is 10.8. The van der Waals surface area contributed by atoms with Gasteiger partial charge in [0.05, 0.1) is 0 Å². The fraction of sp³-hybridized carbons (Fsp3) is 0.143. The molecule has 0 aromatic rings. The summed E-state index contributed by atoms with van der Waals surface area (Å²) in [7, 11) is 0. The molecule has 0 fully saturated rings. The highest BCUT2D eigenvalue weighted by Gasteiger charge is 2.10. The van der Waals surface area contributed by atoms with Gasteiger partial charge in [-0.1, -0.05) is 12.2 Å². The monoisotopic (exact) mass is 138 g/mol. The Kier molecular flexibility index (Phi) is 1.99. The molecular weight excluding hydrogens is 132 g/mol. The van der Waals surface area contributed by atoms with E-state index in [2.05, 4.69) is 4.74 Å². The highest BCUT2D eigenvalue weighted by atomic mass is 16.5. The predicted molar refractivity (Wildman–Crippen MR) is 34.0 cm³/mol. The van der Waals surface area contributed by atoms with Crippen molar-refractivity contribution in [2.75, 3.05) is 0 Å². The van der Waals surface area contributed by atoms with E-state index in [1.54, 1.807) is 12.2 Å². The van der Waals surface area contributed by atoms with Gasteiger partial charge in [-0.3, -0.25) is 9.59 Å². The van der Waals surface area contributed by atoms with Gasteiger partial charge in [0.1, 0.15) is 0 Å². The number of ketones is 1. The Bertz CT molecular complexity index is 213. The fourth-order valence-corrected chi connectivity index (χ4v) is 0.681. The minimum atomic E-state index is -0.158. The molecule has 52 valence electrons. The summed E-state index contributed by atoms with van der Waals surface area (Å²) in [5, 5.41) is 0. The zero-order valence-electron chi connectivity index (χ0n) is 5.24. The minimum absolute atomic E-state index is 0.123. The first-order valence-electron chi connectivity index (χ1n) is 2.85. The second-order valence-corrected chi connectivity index (χ2v) is 1.80. The minimum Gasteiger partial charge on any atom is -0.425 e. The molecule has 0 bridgehead atoms. The van der Waals surface area contributed by atoms with E-state index in [-0.39, 0.29) is 18.0 Å². The Morgan fingerprint density at radius 1 is 1.60 bits per heavy atom. The Morgan fingerprint density at radius 3 is 3.00 bits per heavy atom. The van der Waals surface area contributed by atoms with Crippen LogP contribution >= 0.6 is 0 Å². The molecule has 1 rings (SSSR count). The number of rotatable bonds is 2. The average molecular weight is 138 g/mol. The van der Waals surface area contributed by atoms with E-state index in [1.165, 1.54) is 6.08 Å². The van der Waals surface area contributed by atoms with Crippen LogP contribution in [-0.4, -0.2) is 12.3 Å². The van der Waals surface area contributed by atoms with Crippen molar-refractivity contribution < 1.29 is 14.3 Å². The molecule has 0 heterocycles. The van der Waals surface area contributed by atoms with Gasteiger partial charge in [0.15, 0.2) is 5.76 Å². The van der Waals surface area contributed by atoms with Crippen LogP contribution in [0.25, 0.3) is 0 Å². The molecule has 0 N–H and O–H groups in total. The molecule has 0 aromatic heterocycles. The molecule has 0 atom stereocenters. The average Bonchev–Trinajstić information content (AvgIpc) is 1.94. The molecule has 3 heteroatoms. The lowest BCUT2D eigenvalue weighted by Crippen LogP contribution is -2.06. The molecule has 1 aliphatic carbocycles. The molecule has 1 aliphatic rings. The van der Waals surface area contributed by atoms with Crippen molar-refractivity contribution >= 4 is 12.3 Å². The molecule has 0 aliphatic heterocycles. The summed E-state index contributed by atoms with van der Waals surface area (Å²) < 4.78 is 4.37. The van der Waals surface area contributed by atoms with E-state index in [9.17, 15) is 9.59 Å². The third-order valence-electron chi connectivity index (χ3n) is 1.14. The van der Waals surface area contributed by atoms with Crippen molar-refractivity contribution in [2.24, 2.45) is 0 Å². The maximum absolute atomic E-state index is 10.8. The van der Waals surface area contributed by atoms with Gasteiger partial charge in [0.2, 0.25) is 5.78 Å². The van der Waals surface area contributed by atoms with Crippen LogP contribution in [0.1, 0.15) is 6.42 Å². The first-order chi connectivity index (χ1) is 4.84. The molecular formula is C7H6O3. The second-order valence-electron chi connectivity index (χ2n) is 1.80. The first kappa shape index (κ1) is 6.74. The molecule has 10 heavy (non-hydrogen) atoms. The highest BCUT2D eigenvalue weighted by molar-refractivity contribution is 5.96. The summed E-state index contributed by atoms with van der Waals surface area (Å²) in [6.07, 6.45) is 5.18. The summed E-state index contributed by atoms with van der Waals surface area (Å²) in [5.41, 5.74) is 0. The van der Waals surface area contributed by atoms with Crippen molar-refractivity contribution in [1.82, 2.24) is 0 Å². The molecule has 0 saturated heterocycles. The van der Waals surface area contributed by atoms with E-state index < -0.39 is 0 Å². The predicted octanol–water partition coefficient (Wildman–Crippen LogP) is 0.572. The van der Waals surface area contributed by atoms with Crippen LogP contribution in [0, 0.1) is 0 Å². The van der Waals surface area contributed by atoms with Crippen LogP contribution < -0.4 is 0 Å². The van der Waals surface area contributed by atoms with E-state index in [4.69, 9.17) is 0 Å². The zero-order valence-corrected chi connectivity index (χ0v) is 5.24. The topological polar surface area (TPSA) is 43.4 Å². The number of ether oxygens (including phenoxy) is 1. The summed E-state index contributed by atoms with van der Waals surface area (Å²) in [4.78, 5) is 20.6. The van der Waals surface area contributed by atoms with Gasteiger partial charge in [-0.05, 0) is 6.08 Å². The number of Topliss-reactive ketones (excluding diaryl/α,β-unsaturated/α-hetero) is 1. The molecule has 0 aromatic carbocycles. The maximum Gasteiger partial charge on any atom is 0.298 e. The number of allylic oxidation sites excluding steroid dienone is 4. The standard InChI is InChI=1S/C7H6O3/c8-5-10-7-4-2-1-3-6(7)9/h1-2,4-5H,3H2. The first-order valence-corrected chi connectivity index (χ1v) is 2.85. The molecule has 3 nitrogen and oxygen atoms in total. The molecule has 0 amide bonds. The Balaban J connectivity index is 2.70. The van der Waals surface area contributed by atoms with Crippen LogP contribution in [0.2, 0.25) is 0 Å². The quantitative estimate of drug-likeness (QED) is 0.524. The normalized spacial score (nSPS) is 16.4. The Hall–Kier alpha value is -1.38. The lowest BCUT2D eigenvalue weighted by molar-refractivity contribution is -0.130. The van der Waals surface area contributed by atoms with Gasteiger partial charge in [-0.15, -0.1) is 0 Å². The fourth-order valence-electron chi connectivity index (χ4n) is 0.681. The molecule has 0 saturated carbocycles. The summed E-state index contributed by atoms with van der Waals surface area (Å²) in [6, 6.07) is 0. The molecule has 0 unspecified atom stereocenters. The van der Waals surface area contributed by atoms with E-state index in [1.807, 2.05) is 0 Å². The van der Waals surface area contributed by atoms with E-state index in [0.29, 0.717) is 6.42 Å². The highest BCUT2D eigenvalue weighted by Crippen LogP contribution is 2.07. The Labute approximate surface area is 58.0 Å². The summed E-state index contributed by atoms with van der Waals surface area (Å²) in [6.45, 7) is 0.253. The van der Waals surface area contributed by atoms with Crippen LogP contribution in [0.15, 0.2) is 24.0 Å². The lowest BCUT2D eigenvalue weighted by atomic mass is 10.1. The third-order valence-corrected chi connectivity index (χ3v) is 1.14. The van der Waals surface area contributed by atoms with E-state index >= 15 is 0 Å². The van der Waals surface area contributed by atoms with E-state index in [0.717, 1.165) is 0 Å². The van der Waals surface area contributed by atoms with Crippen LogP contribution in [-0.2, 0) is 14.3 Å². The van der Waals surface area contributed by atoms with Crippen LogP contribution in [0.3, 0.4) is 0 Å². The van der Waals surface area contributed by atoms with Crippen molar-refractivity contribution in [2.45, 2.75) is 6.42 Å². The van der Waals surface area contributed by atoms with Gasteiger partial charge in [0, 0.05) is 6.42 Å². The Morgan fingerprint density at radius 2 is 2.40 bits per heavy atom. The van der Waals surface area contributed by atoms with Gasteiger partial charge in [-0.2, -0.15) is 0 Å². The third kappa shape index (κ3) is 1.31. The van der Waals surface area contributed by atoms with Gasteiger partial charge in [0.25, 0.3) is 6.47 Å². The smallest absolute Gasteiger partial charge is 0.298 e. The number of hydrogen-bond acceptors (Lipinski definition) is 3. The van der Waals surface area contributed by atoms with Crippen molar-refractivity contribution in [3.63, 3.8) is 0 Å². The number of hydrogen-bond donors (Lipinski definition) is 0. The molecule has 0 radical (unpaired) electrons. The van der Waals surface area contributed by atoms with Gasteiger partial charge >= 0.3 is 0 Å². The van der Waals surface area contributed by atoms with Crippen LogP contribution in [0.5, 0.6) is 0 Å². The van der Waals surface area contributed by atoms with Crippen molar-refractivity contribution in [1.29, 1.82) is 0 Å². The number of carbonyl (C=O) groups is 2. The summed E-state index contributed by atoms with van der Waals surface area (Å²) >= 11 is 0. The second kappa shape index (κ2) is 2.96. The largest absolute Gasteiger partial charge is 0.425 e. The van der Waals surface area contributed by atoms with Gasteiger partial charge < -0.3 is 4.74 Å². The summed E-state index contributed by atoms with van der Waals surface area (Å²) in [5.74, 6) is -0.0351. The van der Waals surface area contributed by atoms with Crippen LogP contribution in [0.4, 0.5) is 0 Å². The van der Waals surface area contributed by atoms with Crippen molar-refractivity contribution in [3.05, 3.63) is 24.0 Å². The van der Waals surface area contributed by atoms with Crippen molar-refractivity contribution in [3.8, 4) is 0 Å².